The van der Waals surface area contributed by atoms with Crippen LogP contribution in [0.4, 0.5) is 10.2 Å². The number of nitrogens with one attached hydrogen (secondary N) is 2. The normalized spacial score (nSPS) is 17.5. The molecule has 1 fully saturated rings. The Morgan fingerprint density at radius 2 is 1.93 bits per heavy atom. The number of hydrogen-bond donors (Lipinski definition) is 4. The minimum Gasteiger partial charge on any atom is -0.507 e. The van der Waals surface area contributed by atoms with Gasteiger partial charge >= 0.3 is 5.97 Å². The van der Waals surface area contributed by atoms with Crippen LogP contribution in [0.2, 0.25) is 0 Å². The van der Waals surface area contributed by atoms with Gasteiger partial charge in [-0.2, -0.15) is 16.9 Å². The molecule has 1 aliphatic heterocycles. The van der Waals surface area contributed by atoms with E-state index in [0.717, 1.165) is 12.8 Å². The summed E-state index contributed by atoms with van der Waals surface area (Å²) in [7, 11) is 1.76. The number of benzene rings is 1. The first-order valence-electron chi connectivity index (χ1n) is 13.2. The van der Waals surface area contributed by atoms with Gasteiger partial charge in [-0.15, -0.1) is 10.2 Å². The van der Waals surface area contributed by atoms with Crippen LogP contribution in [0.15, 0.2) is 36.7 Å². The number of hydrazine groups is 1. The lowest BCUT2D eigenvalue weighted by Crippen LogP contribution is -2.65. The van der Waals surface area contributed by atoms with E-state index in [1.165, 1.54) is 12.1 Å². The molecule has 216 valence electrons. The van der Waals surface area contributed by atoms with Gasteiger partial charge in [0.15, 0.2) is 5.82 Å². The number of aromatic hydroxyl groups is 1. The molecule has 2 aromatic heterocycles. The molecular formula is C28H38FN7O3S. The third kappa shape index (κ3) is 6.91. The molecule has 0 bridgehead atoms. The van der Waals surface area contributed by atoms with Gasteiger partial charge in [0.1, 0.15) is 17.6 Å². The second-order valence-electron chi connectivity index (χ2n) is 11.7. The van der Waals surface area contributed by atoms with E-state index in [0.29, 0.717) is 29.1 Å². The number of halogens is 1. The van der Waals surface area contributed by atoms with Crippen LogP contribution < -0.4 is 15.8 Å². The second kappa shape index (κ2) is 11.7. The predicted octanol–water partition coefficient (Wildman–Crippen LogP) is 4.22. The van der Waals surface area contributed by atoms with Crippen LogP contribution in [0.5, 0.6) is 5.75 Å². The molecule has 0 unspecified atom stereocenters. The van der Waals surface area contributed by atoms with Crippen molar-refractivity contribution >= 4 is 23.5 Å². The molecule has 1 aromatic carbocycles. The molecule has 3 aromatic rings. The van der Waals surface area contributed by atoms with Gasteiger partial charge in [0, 0.05) is 29.9 Å². The van der Waals surface area contributed by atoms with Crippen LogP contribution in [0.1, 0.15) is 47.0 Å². The summed E-state index contributed by atoms with van der Waals surface area (Å²) in [5.41, 5.74) is 4.08. The minimum atomic E-state index is -0.947. The average Bonchev–Trinajstić information content (AvgIpc) is 3.28. The maximum Gasteiger partial charge on any atom is 0.322 e. The molecule has 0 spiro atoms. The van der Waals surface area contributed by atoms with Gasteiger partial charge in [-0.1, -0.05) is 0 Å². The molecule has 0 radical (unpaired) electrons. The van der Waals surface area contributed by atoms with Crippen LogP contribution in [0, 0.1) is 5.82 Å². The van der Waals surface area contributed by atoms with Crippen molar-refractivity contribution in [2.75, 3.05) is 17.0 Å². The summed E-state index contributed by atoms with van der Waals surface area (Å²) in [5.74, 6) is -0.748. The number of phenols is 1. The van der Waals surface area contributed by atoms with Crippen LogP contribution in [-0.2, 0) is 11.8 Å². The van der Waals surface area contributed by atoms with Crippen molar-refractivity contribution in [2.24, 2.45) is 7.05 Å². The fourth-order valence-corrected chi connectivity index (χ4v) is 6.10. The fraction of sp³-hybridized carbons (Fsp3) is 0.500. The van der Waals surface area contributed by atoms with E-state index in [1.807, 2.05) is 11.3 Å². The first kappa shape index (κ1) is 29.8. The van der Waals surface area contributed by atoms with Gasteiger partial charge in [-0.05, 0) is 88.8 Å². The number of hydrogen-bond acceptors (Lipinski definition) is 9. The number of aromatic nitrogens is 4. The summed E-state index contributed by atoms with van der Waals surface area (Å²) in [6.07, 6.45) is 7.16. The predicted molar refractivity (Wildman–Crippen MR) is 156 cm³/mol. The van der Waals surface area contributed by atoms with Crippen molar-refractivity contribution in [2.45, 2.75) is 70.1 Å². The number of piperidine rings is 1. The van der Waals surface area contributed by atoms with Crippen molar-refractivity contribution in [3.8, 4) is 28.1 Å². The van der Waals surface area contributed by atoms with Crippen LogP contribution in [0.25, 0.3) is 22.4 Å². The molecule has 0 saturated carbocycles. The Labute approximate surface area is 238 Å². The minimum absolute atomic E-state index is 0.0567. The summed E-state index contributed by atoms with van der Waals surface area (Å²) in [6, 6.07) is 5.16. The Morgan fingerprint density at radius 1 is 1.23 bits per heavy atom. The number of phenolic OH excluding ortho intramolecular Hbond substituents is 1. The lowest BCUT2D eigenvalue weighted by atomic mass is 9.79. The van der Waals surface area contributed by atoms with Crippen LogP contribution in [-0.4, -0.2) is 71.3 Å². The summed E-state index contributed by atoms with van der Waals surface area (Å²) < 4.78 is 16.8. The number of aliphatic carboxylic acids is 1. The van der Waals surface area contributed by atoms with Gasteiger partial charge in [-0.25, -0.2) is 9.82 Å². The highest BCUT2D eigenvalue weighted by atomic mass is 32.2. The lowest BCUT2D eigenvalue weighted by Gasteiger charge is -2.50. The van der Waals surface area contributed by atoms with E-state index >= 15 is 4.39 Å². The number of rotatable bonds is 10. The Hall–Kier alpha value is -3.22. The molecule has 0 amide bonds. The molecule has 1 saturated heterocycles. The van der Waals surface area contributed by atoms with Gasteiger partial charge in [0.25, 0.3) is 0 Å². The largest absolute Gasteiger partial charge is 0.507 e. The molecular weight excluding hydrogens is 533 g/mol. The van der Waals surface area contributed by atoms with Crippen molar-refractivity contribution in [3.05, 3.63) is 42.5 Å². The second-order valence-corrected chi connectivity index (χ2v) is 12.6. The standard InChI is InChI=1S/C28H38FN7O3S/c1-27(2)13-19(14-28(3,4)34-27)36(33-22(26(38)39)9-10-40-6)24-8-7-21(31-32-24)25-20(29)11-17(12-23(25)37)18-15-30-35(5)16-18/h7-8,11-12,15-16,19,22,33-34,37H,9-10,13-14H2,1-6H3,(H,38,39)/t22-/m0/s1. The van der Waals surface area contributed by atoms with Crippen molar-refractivity contribution in [1.29, 1.82) is 0 Å². The maximum atomic E-state index is 15.2. The summed E-state index contributed by atoms with van der Waals surface area (Å²) in [5, 5.41) is 38.9. The topological polar surface area (TPSA) is 128 Å². The number of carboxylic acid groups (broad SMARTS) is 1. The number of anilines is 1. The molecule has 1 aliphatic rings. The van der Waals surface area contributed by atoms with Crippen LogP contribution >= 0.6 is 11.8 Å². The van der Waals surface area contributed by atoms with E-state index in [-0.39, 0.29) is 34.1 Å². The van der Waals surface area contributed by atoms with Gasteiger partial charge < -0.3 is 15.5 Å². The number of nitrogens with zero attached hydrogens (tertiary/aromatic N) is 5. The quantitative estimate of drug-likeness (QED) is 0.263. The lowest BCUT2D eigenvalue weighted by molar-refractivity contribution is -0.139. The zero-order chi connectivity index (χ0) is 29.2. The van der Waals surface area contributed by atoms with Crippen LogP contribution in [0.3, 0.4) is 0 Å². The summed E-state index contributed by atoms with van der Waals surface area (Å²) >= 11 is 1.58. The zero-order valence-electron chi connectivity index (χ0n) is 23.8. The molecule has 40 heavy (non-hydrogen) atoms. The molecule has 0 aliphatic carbocycles. The van der Waals surface area contributed by atoms with Gasteiger partial charge in [0.2, 0.25) is 0 Å². The van der Waals surface area contributed by atoms with Crippen molar-refractivity contribution in [1.82, 2.24) is 30.7 Å². The molecule has 12 heteroatoms. The molecule has 4 rings (SSSR count). The molecule has 1 atom stereocenters. The average molecular weight is 572 g/mol. The first-order chi connectivity index (χ1) is 18.8. The maximum absolute atomic E-state index is 15.2. The molecule has 3 heterocycles. The van der Waals surface area contributed by atoms with E-state index in [4.69, 9.17) is 0 Å². The van der Waals surface area contributed by atoms with E-state index < -0.39 is 17.8 Å². The van der Waals surface area contributed by atoms with Gasteiger partial charge in [0.05, 0.1) is 23.5 Å². The van der Waals surface area contributed by atoms with Crippen molar-refractivity contribution < 1.29 is 19.4 Å². The third-order valence-corrected chi connectivity index (χ3v) is 7.64. The van der Waals surface area contributed by atoms with Gasteiger partial charge in [-0.3, -0.25) is 14.5 Å². The highest BCUT2D eigenvalue weighted by Gasteiger charge is 2.41. The Balaban J connectivity index is 1.68. The highest BCUT2D eigenvalue weighted by Crippen LogP contribution is 2.36. The molecule has 10 nitrogen and oxygen atoms in total. The Morgan fingerprint density at radius 3 is 2.45 bits per heavy atom. The number of carboxylic acids is 1. The number of aryl methyl sites for hydroxylation is 1. The first-order valence-corrected chi connectivity index (χ1v) is 14.6. The SMILES string of the molecule is CSCC[C@H](NN(c1ccc(-c2c(O)cc(-c3cnn(C)c3)cc2F)nn1)C1CC(C)(C)NC(C)(C)C1)C(=O)O. The van der Waals surface area contributed by atoms with Crippen molar-refractivity contribution in [3.63, 3.8) is 0 Å². The monoisotopic (exact) mass is 571 g/mol. The summed E-state index contributed by atoms with van der Waals surface area (Å²) in [4.78, 5) is 12.1. The zero-order valence-corrected chi connectivity index (χ0v) is 24.6. The summed E-state index contributed by atoms with van der Waals surface area (Å²) in [6.45, 7) is 8.49. The number of thioether (sulfide) groups is 1. The fourth-order valence-electron chi connectivity index (χ4n) is 5.63. The molecule has 4 N–H and O–H groups in total. The van der Waals surface area contributed by atoms with E-state index in [9.17, 15) is 15.0 Å². The smallest absolute Gasteiger partial charge is 0.322 e. The Kier molecular flexibility index (Phi) is 8.72. The highest BCUT2D eigenvalue weighted by molar-refractivity contribution is 7.98. The number of carbonyl (C=O) groups is 1. The van der Waals surface area contributed by atoms with E-state index in [1.54, 1.807) is 48.0 Å². The van der Waals surface area contributed by atoms with E-state index in [2.05, 4.69) is 53.7 Å². The Bertz CT molecular complexity index is 1310. The third-order valence-electron chi connectivity index (χ3n) is 7.00.